The number of thiazole rings is 1. The summed E-state index contributed by atoms with van der Waals surface area (Å²) in [5.74, 6) is 0.586. The molecule has 0 saturated heterocycles. The monoisotopic (exact) mass is 314 g/mol. The standard InChI is InChI=1S/C17H15ClN2S/c18-15-4-2-1-3-14(15)11-7-13(8-11)20-12-5-6-16-17(9-12)21-10-19-16/h1-6,9-11,13,20H,7-8H2. The molecule has 0 atom stereocenters. The predicted octanol–water partition coefficient (Wildman–Crippen LogP) is 5.31. The topological polar surface area (TPSA) is 24.9 Å². The molecule has 2 aromatic carbocycles. The third-order valence-corrected chi connectivity index (χ3v) is 5.32. The fourth-order valence-electron chi connectivity index (χ4n) is 2.98. The van der Waals surface area contributed by atoms with Crippen LogP contribution in [0.1, 0.15) is 24.3 Å². The second kappa shape index (κ2) is 5.32. The van der Waals surface area contributed by atoms with Gasteiger partial charge in [-0.2, -0.15) is 0 Å². The van der Waals surface area contributed by atoms with Gasteiger partial charge in [-0.05, 0) is 48.6 Å². The number of fused-ring (bicyclic) bond motifs is 1. The molecule has 1 aromatic heterocycles. The van der Waals surface area contributed by atoms with Gasteiger partial charge in [0.05, 0.1) is 15.7 Å². The van der Waals surface area contributed by atoms with Crippen molar-refractivity contribution >= 4 is 38.8 Å². The molecule has 3 aromatic rings. The number of aromatic nitrogens is 1. The first-order valence-corrected chi connectivity index (χ1v) is 8.39. The van der Waals surface area contributed by atoms with Crippen LogP contribution in [0.2, 0.25) is 5.02 Å². The molecule has 1 aliphatic carbocycles. The summed E-state index contributed by atoms with van der Waals surface area (Å²) in [6.45, 7) is 0. The Morgan fingerprint density at radius 2 is 2.00 bits per heavy atom. The molecule has 1 aliphatic rings. The summed E-state index contributed by atoms with van der Waals surface area (Å²) in [4.78, 5) is 4.31. The number of nitrogens with one attached hydrogen (secondary N) is 1. The quantitative estimate of drug-likeness (QED) is 0.709. The Bertz CT molecular complexity index is 777. The molecule has 4 rings (SSSR count). The second-order valence-corrected chi connectivity index (χ2v) is 6.86. The first-order chi connectivity index (χ1) is 10.3. The highest BCUT2D eigenvalue weighted by Gasteiger charge is 2.31. The summed E-state index contributed by atoms with van der Waals surface area (Å²) in [6.07, 6.45) is 2.29. The van der Waals surface area contributed by atoms with E-state index in [1.54, 1.807) is 11.3 Å². The molecule has 2 nitrogen and oxygen atoms in total. The number of nitrogens with zero attached hydrogens (tertiary/aromatic N) is 1. The van der Waals surface area contributed by atoms with Gasteiger partial charge in [-0.15, -0.1) is 11.3 Å². The van der Waals surface area contributed by atoms with Crippen molar-refractivity contribution < 1.29 is 0 Å². The van der Waals surface area contributed by atoms with Crippen LogP contribution in [0.15, 0.2) is 48.0 Å². The Labute approximate surface area is 132 Å². The molecule has 4 heteroatoms. The van der Waals surface area contributed by atoms with Crippen molar-refractivity contribution in [2.24, 2.45) is 0 Å². The number of benzene rings is 2. The number of anilines is 1. The van der Waals surface area contributed by atoms with E-state index < -0.39 is 0 Å². The van der Waals surface area contributed by atoms with Crippen molar-refractivity contribution in [3.63, 3.8) is 0 Å². The number of hydrogen-bond donors (Lipinski definition) is 1. The van der Waals surface area contributed by atoms with E-state index in [2.05, 4.69) is 40.6 Å². The zero-order valence-electron chi connectivity index (χ0n) is 11.4. The SMILES string of the molecule is Clc1ccccc1C1CC(Nc2ccc3ncsc3c2)C1. The van der Waals surface area contributed by atoms with Crippen LogP contribution < -0.4 is 5.32 Å². The Balaban J connectivity index is 1.43. The van der Waals surface area contributed by atoms with E-state index in [0.717, 1.165) is 23.4 Å². The molecular formula is C17H15ClN2S. The largest absolute Gasteiger partial charge is 0.382 e. The van der Waals surface area contributed by atoms with Crippen molar-refractivity contribution in [1.29, 1.82) is 0 Å². The van der Waals surface area contributed by atoms with E-state index in [9.17, 15) is 0 Å². The van der Waals surface area contributed by atoms with Crippen LogP contribution in [0, 0.1) is 0 Å². The van der Waals surface area contributed by atoms with Gasteiger partial charge in [0.15, 0.2) is 0 Å². The molecule has 1 saturated carbocycles. The molecule has 0 amide bonds. The number of rotatable bonds is 3. The predicted molar refractivity (Wildman–Crippen MR) is 90.5 cm³/mol. The van der Waals surface area contributed by atoms with Gasteiger partial charge < -0.3 is 5.32 Å². The van der Waals surface area contributed by atoms with Crippen LogP contribution in [0.5, 0.6) is 0 Å². The molecule has 21 heavy (non-hydrogen) atoms. The molecular weight excluding hydrogens is 300 g/mol. The lowest BCUT2D eigenvalue weighted by atomic mass is 9.76. The normalized spacial score (nSPS) is 21.2. The summed E-state index contributed by atoms with van der Waals surface area (Å²) >= 11 is 7.95. The molecule has 0 aliphatic heterocycles. The maximum atomic E-state index is 6.27. The van der Waals surface area contributed by atoms with E-state index in [0.29, 0.717) is 12.0 Å². The Hall–Kier alpha value is -1.58. The average Bonchev–Trinajstić information content (AvgIpc) is 2.91. The minimum atomic E-state index is 0.539. The molecule has 1 N–H and O–H groups in total. The van der Waals surface area contributed by atoms with E-state index in [-0.39, 0.29) is 0 Å². The summed E-state index contributed by atoms with van der Waals surface area (Å²) in [5.41, 5.74) is 5.45. The van der Waals surface area contributed by atoms with Gasteiger partial charge in [-0.25, -0.2) is 4.98 Å². The maximum absolute atomic E-state index is 6.27. The fraction of sp³-hybridized carbons (Fsp3) is 0.235. The second-order valence-electron chi connectivity index (χ2n) is 5.57. The van der Waals surface area contributed by atoms with Crippen molar-refractivity contribution in [2.45, 2.75) is 24.8 Å². The molecule has 1 heterocycles. The van der Waals surface area contributed by atoms with Gasteiger partial charge in [0.2, 0.25) is 0 Å². The van der Waals surface area contributed by atoms with Crippen molar-refractivity contribution in [1.82, 2.24) is 4.98 Å². The number of halogens is 1. The smallest absolute Gasteiger partial charge is 0.0813 e. The summed E-state index contributed by atoms with van der Waals surface area (Å²) in [6, 6.07) is 15.1. The third-order valence-electron chi connectivity index (χ3n) is 4.19. The molecule has 0 bridgehead atoms. The molecule has 1 fully saturated rings. The van der Waals surface area contributed by atoms with Gasteiger partial charge in [0.1, 0.15) is 0 Å². The molecule has 0 spiro atoms. The van der Waals surface area contributed by atoms with E-state index in [4.69, 9.17) is 11.6 Å². The van der Waals surface area contributed by atoms with Crippen molar-refractivity contribution in [3.8, 4) is 0 Å². The zero-order valence-corrected chi connectivity index (χ0v) is 13.0. The van der Waals surface area contributed by atoms with Crippen molar-refractivity contribution in [3.05, 3.63) is 58.6 Å². The van der Waals surface area contributed by atoms with Crippen LogP contribution in [0.3, 0.4) is 0 Å². The highest BCUT2D eigenvalue weighted by Crippen LogP contribution is 2.41. The summed E-state index contributed by atoms with van der Waals surface area (Å²) < 4.78 is 1.24. The summed E-state index contributed by atoms with van der Waals surface area (Å²) in [5, 5.41) is 4.51. The average molecular weight is 315 g/mol. The molecule has 0 radical (unpaired) electrons. The lowest BCUT2D eigenvalue weighted by Crippen LogP contribution is -2.34. The maximum Gasteiger partial charge on any atom is 0.0813 e. The fourth-order valence-corrected chi connectivity index (χ4v) is 3.98. The Morgan fingerprint density at radius 3 is 2.86 bits per heavy atom. The first kappa shape index (κ1) is 13.1. The van der Waals surface area contributed by atoms with E-state index in [1.807, 2.05) is 17.6 Å². The third kappa shape index (κ3) is 2.52. The van der Waals surface area contributed by atoms with Crippen LogP contribution >= 0.6 is 22.9 Å². The first-order valence-electron chi connectivity index (χ1n) is 7.14. The van der Waals surface area contributed by atoms with Gasteiger partial charge in [0.25, 0.3) is 0 Å². The number of hydrogen-bond acceptors (Lipinski definition) is 3. The highest BCUT2D eigenvalue weighted by molar-refractivity contribution is 7.16. The van der Waals surface area contributed by atoms with E-state index >= 15 is 0 Å². The highest BCUT2D eigenvalue weighted by atomic mass is 35.5. The van der Waals surface area contributed by atoms with Crippen molar-refractivity contribution in [2.75, 3.05) is 5.32 Å². The van der Waals surface area contributed by atoms with Crippen LogP contribution in [0.4, 0.5) is 5.69 Å². The molecule has 106 valence electrons. The minimum Gasteiger partial charge on any atom is -0.382 e. The lowest BCUT2D eigenvalue weighted by Gasteiger charge is -2.37. The van der Waals surface area contributed by atoms with Crippen LogP contribution in [0.25, 0.3) is 10.2 Å². The van der Waals surface area contributed by atoms with Crippen LogP contribution in [-0.2, 0) is 0 Å². The van der Waals surface area contributed by atoms with Gasteiger partial charge in [-0.1, -0.05) is 29.8 Å². The minimum absolute atomic E-state index is 0.539. The van der Waals surface area contributed by atoms with Gasteiger partial charge in [-0.3, -0.25) is 0 Å². The zero-order chi connectivity index (χ0) is 14.2. The lowest BCUT2D eigenvalue weighted by molar-refractivity contribution is 0.374. The van der Waals surface area contributed by atoms with Crippen LogP contribution in [-0.4, -0.2) is 11.0 Å². The molecule has 0 unspecified atom stereocenters. The summed E-state index contributed by atoms with van der Waals surface area (Å²) in [7, 11) is 0. The van der Waals surface area contributed by atoms with Gasteiger partial charge >= 0.3 is 0 Å². The van der Waals surface area contributed by atoms with Gasteiger partial charge in [0, 0.05) is 16.8 Å². The Kier molecular flexibility index (Phi) is 3.32. The Morgan fingerprint density at radius 1 is 1.14 bits per heavy atom. The van der Waals surface area contributed by atoms with E-state index in [1.165, 1.54) is 16.0 Å².